The molecule has 0 amide bonds. The molecule has 0 unspecified atom stereocenters. The Balaban J connectivity index is 1.70. The summed E-state index contributed by atoms with van der Waals surface area (Å²) in [6.45, 7) is 5.01. The Kier molecular flexibility index (Phi) is 4.55. The van der Waals surface area contributed by atoms with Crippen molar-refractivity contribution in [1.82, 2.24) is 15.0 Å². The third-order valence-electron chi connectivity index (χ3n) is 3.24. The van der Waals surface area contributed by atoms with E-state index in [1.165, 1.54) is 0 Å². The number of anilines is 2. The molecule has 1 aliphatic rings. The molecule has 0 aliphatic carbocycles. The monoisotopic (exact) mass is 298 g/mol. The number of pyridine rings is 1. The zero-order chi connectivity index (χ0) is 15.2. The van der Waals surface area contributed by atoms with Crippen LogP contribution < -0.4 is 10.3 Å². The fourth-order valence-corrected chi connectivity index (χ4v) is 2.19. The minimum Gasteiger partial charge on any atom is -0.378 e. The maximum Gasteiger partial charge on any atom is 0.152 e. The van der Waals surface area contributed by atoms with E-state index in [0.29, 0.717) is 11.6 Å². The van der Waals surface area contributed by atoms with E-state index in [2.05, 4.69) is 30.4 Å². The van der Waals surface area contributed by atoms with Crippen molar-refractivity contribution in [2.45, 2.75) is 6.92 Å². The first kappa shape index (κ1) is 14.4. The average molecular weight is 298 g/mol. The number of aryl methyl sites for hydroxylation is 1. The maximum absolute atomic E-state index is 5.37. The summed E-state index contributed by atoms with van der Waals surface area (Å²) in [6.07, 6.45) is 5.18. The summed E-state index contributed by atoms with van der Waals surface area (Å²) in [7, 11) is 0. The molecule has 22 heavy (non-hydrogen) atoms. The quantitative estimate of drug-likeness (QED) is 0.680. The van der Waals surface area contributed by atoms with E-state index in [9.17, 15) is 0 Å². The van der Waals surface area contributed by atoms with Crippen LogP contribution in [0.1, 0.15) is 11.4 Å². The summed E-state index contributed by atoms with van der Waals surface area (Å²) in [5.74, 6) is 2.28. The van der Waals surface area contributed by atoms with Crippen molar-refractivity contribution < 1.29 is 4.74 Å². The Morgan fingerprint density at radius 1 is 1.32 bits per heavy atom. The summed E-state index contributed by atoms with van der Waals surface area (Å²) < 4.78 is 5.37. The lowest BCUT2D eigenvalue weighted by atomic mass is 10.3. The number of aromatic nitrogens is 3. The number of nitrogens with one attached hydrogen (secondary N) is 1. The Morgan fingerprint density at radius 3 is 2.95 bits per heavy atom. The number of morpholine rings is 1. The van der Waals surface area contributed by atoms with E-state index in [-0.39, 0.29) is 0 Å². The van der Waals surface area contributed by atoms with Crippen LogP contribution in [0.3, 0.4) is 0 Å². The normalized spacial score (nSPS) is 15.2. The second-order valence-electron chi connectivity index (χ2n) is 4.91. The minimum absolute atomic E-state index is 0.675. The molecule has 0 bridgehead atoms. The van der Waals surface area contributed by atoms with Crippen molar-refractivity contribution in [1.29, 1.82) is 0 Å². The minimum atomic E-state index is 0.675. The molecule has 114 valence electrons. The molecule has 0 saturated carbocycles. The van der Waals surface area contributed by atoms with Gasteiger partial charge in [-0.1, -0.05) is 6.07 Å². The van der Waals surface area contributed by atoms with Crippen molar-refractivity contribution >= 4 is 17.9 Å². The zero-order valence-corrected chi connectivity index (χ0v) is 12.4. The molecule has 7 nitrogen and oxygen atoms in total. The largest absolute Gasteiger partial charge is 0.378 e. The highest BCUT2D eigenvalue weighted by Gasteiger charge is 2.13. The van der Waals surface area contributed by atoms with Gasteiger partial charge in [0, 0.05) is 37.1 Å². The number of ether oxygens (including phenoxy) is 1. The van der Waals surface area contributed by atoms with Crippen LogP contribution in [0.2, 0.25) is 0 Å². The van der Waals surface area contributed by atoms with Crippen molar-refractivity contribution in [3.63, 3.8) is 0 Å². The van der Waals surface area contributed by atoms with Gasteiger partial charge < -0.3 is 9.64 Å². The maximum atomic E-state index is 5.37. The molecule has 0 atom stereocenters. The van der Waals surface area contributed by atoms with Gasteiger partial charge in [0.2, 0.25) is 0 Å². The van der Waals surface area contributed by atoms with Crippen LogP contribution in [0.25, 0.3) is 0 Å². The third-order valence-corrected chi connectivity index (χ3v) is 3.24. The summed E-state index contributed by atoms with van der Waals surface area (Å²) in [4.78, 5) is 15.1. The van der Waals surface area contributed by atoms with E-state index in [4.69, 9.17) is 4.74 Å². The van der Waals surface area contributed by atoms with Gasteiger partial charge in [0.15, 0.2) is 5.82 Å². The number of hydrogen-bond donors (Lipinski definition) is 1. The van der Waals surface area contributed by atoms with Crippen molar-refractivity contribution in [3.8, 4) is 0 Å². The van der Waals surface area contributed by atoms with Gasteiger partial charge in [-0.3, -0.25) is 10.4 Å². The average Bonchev–Trinajstić information content (AvgIpc) is 2.56. The summed E-state index contributed by atoms with van der Waals surface area (Å²) in [6, 6.07) is 5.70. The molecule has 3 heterocycles. The highest BCUT2D eigenvalue weighted by atomic mass is 16.5. The molecule has 1 fully saturated rings. The van der Waals surface area contributed by atoms with Crippen molar-refractivity contribution in [3.05, 3.63) is 42.0 Å². The standard InChI is InChI=1S/C15H18N6O/c1-12-18-14(20-17-11-13-3-2-4-16-10-13)9-15(19-12)21-5-7-22-8-6-21/h2-4,9-11H,5-8H2,1H3,(H,18,19,20)/b17-11+. The van der Waals surface area contributed by atoms with Crippen LogP contribution in [-0.2, 0) is 4.74 Å². The van der Waals surface area contributed by atoms with E-state index >= 15 is 0 Å². The molecule has 2 aromatic rings. The van der Waals surface area contributed by atoms with Crippen LogP contribution in [-0.4, -0.2) is 47.5 Å². The molecule has 0 aromatic carbocycles. The smallest absolute Gasteiger partial charge is 0.152 e. The fraction of sp³-hybridized carbons (Fsp3) is 0.333. The third kappa shape index (κ3) is 3.76. The topological polar surface area (TPSA) is 75.5 Å². The van der Waals surface area contributed by atoms with Gasteiger partial charge in [-0.05, 0) is 13.0 Å². The summed E-state index contributed by atoms with van der Waals surface area (Å²) in [5, 5.41) is 4.19. The SMILES string of the molecule is Cc1nc(N/N=C/c2cccnc2)cc(N2CCOCC2)n1. The van der Waals surface area contributed by atoms with Crippen molar-refractivity contribution in [2.24, 2.45) is 5.10 Å². The predicted molar refractivity (Wildman–Crippen MR) is 85.3 cm³/mol. The van der Waals surface area contributed by atoms with E-state index in [0.717, 1.165) is 37.7 Å². The molecule has 2 aromatic heterocycles. The fourth-order valence-electron chi connectivity index (χ4n) is 2.19. The number of rotatable bonds is 4. The van der Waals surface area contributed by atoms with E-state index in [1.807, 2.05) is 25.1 Å². The lowest BCUT2D eigenvalue weighted by molar-refractivity contribution is 0.122. The second kappa shape index (κ2) is 6.95. The Labute approximate surface area is 129 Å². The Morgan fingerprint density at radius 2 is 2.18 bits per heavy atom. The van der Waals surface area contributed by atoms with Crippen LogP contribution >= 0.6 is 0 Å². The van der Waals surface area contributed by atoms with Crippen LogP contribution in [0, 0.1) is 6.92 Å². The summed E-state index contributed by atoms with van der Waals surface area (Å²) >= 11 is 0. The molecule has 1 saturated heterocycles. The number of hydrazone groups is 1. The van der Waals surface area contributed by atoms with Gasteiger partial charge in [0.25, 0.3) is 0 Å². The van der Waals surface area contributed by atoms with Crippen LogP contribution in [0.4, 0.5) is 11.6 Å². The molecule has 7 heteroatoms. The first-order chi connectivity index (χ1) is 10.8. The highest BCUT2D eigenvalue weighted by molar-refractivity contribution is 5.79. The van der Waals surface area contributed by atoms with Gasteiger partial charge in [0.05, 0.1) is 19.4 Å². The first-order valence-electron chi connectivity index (χ1n) is 7.19. The van der Waals surface area contributed by atoms with E-state index < -0.39 is 0 Å². The zero-order valence-electron chi connectivity index (χ0n) is 12.4. The predicted octanol–water partition coefficient (Wildman–Crippen LogP) is 1.46. The van der Waals surface area contributed by atoms with Crippen LogP contribution in [0.15, 0.2) is 35.7 Å². The molecule has 0 spiro atoms. The molecule has 1 N–H and O–H groups in total. The van der Waals surface area contributed by atoms with Crippen molar-refractivity contribution in [2.75, 3.05) is 36.6 Å². The molecule has 0 radical (unpaired) electrons. The second-order valence-corrected chi connectivity index (χ2v) is 4.91. The van der Waals surface area contributed by atoms with Gasteiger partial charge in [-0.15, -0.1) is 0 Å². The molecular formula is C15H18N6O. The molecule has 3 rings (SSSR count). The Hall–Kier alpha value is -2.54. The van der Waals surface area contributed by atoms with Gasteiger partial charge in [0.1, 0.15) is 11.6 Å². The number of hydrogen-bond acceptors (Lipinski definition) is 7. The van der Waals surface area contributed by atoms with Gasteiger partial charge >= 0.3 is 0 Å². The highest BCUT2D eigenvalue weighted by Crippen LogP contribution is 2.17. The lowest BCUT2D eigenvalue weighted by Gasteiger charge is -2.28. The molecular weight excluding hydrogens is 280 g/mol. The number of nitrogens with zero attached hydrogens (tertiary/aromatic N) is 5. The van der Waals surface area contributed by atoms with Gasteiger partial charge in [-0.2, -0.15) is 5.10 Å². The van der Waals surface area contributed by atoms with E-state index in [1.54, 1.807) is 18.6 Å². The lowest BCUT2D eigenvalue weighted by Crippen LogP contribution is -2.36. The molecule has 1 aliphatic heterocycles. The summed E-state index contributed by atoms with van der Waals surface area (Å²) in [5.41, 5.74) is 3.87. The Bertz CT molecular complexity index is 640. The van der Waals surface area contributed by atoms with Gasteiger partial charge in [-0.25, -0.2) is 9.97 Å². The van der Waals surface area contributed by atoms with Crippen LogP contribution in [0.5, 0.6) is 0 Å². The first-order valence-corrected chi connectivity index (χ1v) is 7.19.